The van der Waals surface area contributed by atoms with Crippen molar-refractivity contribution in [3.8, 4) is 0 Å². The topological polar surface area (TPSA) is 120 Å². The molecular weight excluding hydrogens is 552 g/mol. The molecule has 3 amide bonds. The lowest BCUT2D eigenvalue weighted by Crippen LogP contribution is -2.62. The van der Waals surface area contributed by atoms with E-state index in [9.17, 15) is 14.4 Å². The molecule has 1 saturated carbocycles. The van der Waals surface area contributed by atoms with Gasteiger partial charge in [-0.2, -0.15) is 0 Å². The Morgan fingerprint density at radius 3 is 2.73 bits per heavy atom. The molecule has 0 bridgehead atoms. The first-order chi connectivity index (χ1) is 19.3. The van der Waals surface area contributed by atoms with E-state index in [1.807, 2.05) is 11.0 Å². The Morgan fingerprint density at radius 2 is 1.93 bits per heavy atom. The summed E-state index contributed by atoms with van der Waals surface area (Å²) in [6.07, 6.45) is 2.90. The summed E-state index contributed by atoms with van der Waals surface area (Å²) >= 11 is 7.53. The summed E-state index contributed by atoms with van der Waals surface area (Å²) in [5.74, 6) is -0.527. The summed E-state index contributed by atoms with van der Waals surface area (Å²) in [6.45, 7) is 2.52. The maximum atomic E-state index is 13.4. The number of nitrogens with zero attached hydrogens (tertiary/aromatic N) is 3. The molecular formula is C28H33ClN6O4S. The lowest BCUT2D eigenvalue weighted by atomic mass is 9.80. The highest BCUT2D eigenvalue weighted by molar-refractivity contribution is 7.13. The van der Waals surface area contributed by atoms with Gasteiger partial charge >= 0.3 is 0 Å². The number of hydrogen-bond acceptors (Lipinski definition) is 7. The number of hydrogen-bond donors (Lipinski definition) is 3. The number of thiazole rings is 1. The van der Waals surface area contributed by atoms with Crippen LogP contribution >= 0.6 is 22.9 Å². The number of carbonyl (C=O) groups excluding carboxylic acids is 3. The number of benzene rings is 1. The smallest absolute Gasteiger partial charge is 0.280 e. The van der Waals surface area contributed by atoms with E-state index in [2.05, 4.69) is 32.5 Å². The van der Waals surface area contributed by atoms with E-state index in [0.29, 0.717) is 48.1 Å². The molecule has 6 rings (SSSR count). The normalized spacial score (nSPS) is 24.8. The summed E-state index contributed by atoms with van der Waals surface area (Å²) in [4.78, 5) is 52.8. The highest BCUT2D eigenvalue weighted by atomic mass is 35.5. The second kappa shape index (κ2) is 11.1. The summed E-state index contributed by atoms with van der Waals surface area (Å²) in [6, 6.07) is 6.35. The van der Waals surface area contributed by atoms with Crippen molar-refractivity contribution in [2.75, 3.05) is 33.8 Å². The van der Waals surface area contributed by atoms with E-state index in [0.717, 1.165) is 41.0 Å². The average molecular weight is 585 g/mol. The number of likely N-dealkylation sites (tertiary alicyclic amines) is 1. The van der Waals surface area contributed by atoms with Crippen LogP contribution in [0.15, 0.2) is 24.3 Å². The van der Waals surface area contributed by atoms with Crippen LogP contribution in [-0.4, -0.2) is 89.5 Å². The van der Waals surface area contributed by atoms with E-state index in [1.165, 1.54) is 11.3 Å². The van der Waals surface area contributed by atoms with Crippen LogP contribution in [0.3, 0.4) is 0 Å². The summed E-state index contributed by atoms with van der Waals surface area (Å²) in [5, 5.41) is 8.07. The molecule has 0 unspecified atom stereocenters. The highest BCUT2D eigenvalue weighted by Crippen LogP contribution is 2.32. The number of aromatic nitrogens is 2. The number of piperidine rings is 1. The van der Waals surface area contributed by atoms with Crippen molar-refractivity contribution in [1.82, 2.24) is 30.4 Å². The molecule has 2 fully saturated rings. The molecule has 2 atom stereocenters. The molecule has 10 nitrogen and oxygen atoms in total. The Bertz CT molecular complexity index is 1450. The third-order valence-electron chi connectivity index (χ3n) is 8.28. The zero-order valence-electron chi connectivity index (χ0n) is 22.5. The first kappa shape index (κ1) is 27.2. The zero-order chi connectivity index (χ0) is 28.0. The van der Waals surface area contributed by atoms with Gasteiger partial charge in [0.2, 0.25) is 5.91 Å². The molecule has 3 aliphatic rings. The maximum Gasteiger partial charge on any atom is 0.280 e. The lowest BCUT2D eigenvalue weighted by molar-refractivity contribution is -0.145. The Kier molecular flexibility index (Phi) is 7.56. The number of amides is 3. The number of carbonyl (C=O) groups is 3. The van der Waals surface area contributed by atoms with Gasteiger partial charge < -0.3 is 30.2 Å². The summed E-state index contributed by atoms with van der Waals surface area (Å²) in [5.41, 5.74) is 2.21. The molecule has 212 valence electrons. The van der Waals surface area contributed by atoms with Gasteiger partial charge in [0.1, 0.15) is 5.69 Å². The molecule has 40 heavy (non-hydrogen) atoms. The molecule has 3 N–H and O–H groups in total. The third-order valence-corrected chi connectivity index (χ3v) is 9.59. The number of aromatic amines is 1. The quantitative estimate of drug-likeness (QED) is 0.410. The van der Waals surface area contributed by atoms with E-state index >= 15 is 0 Å². The minimum Gasteiger partial charge on any atom is -0.381 e. The summed E-state index contributed by atoms with van der Waals surface area (Å²) in [7, 11) is 3.73. The van der Waals surface area contributed by atoms with Crippen molar-refractivity contribution in [3.05, 3.63) is 50.6 Å². The molecule has 3 aromatic rings. The first-order valence-corrected chi connectivity index (χ1v) is 14.9. The Balaban J connectivity index is 1.18. The number of ether oxygens (including phenoxy) is 1. The molecule has 1 aromatic carbocycles. The van der Waals surface area contributed by atoms with Crippen LogP contribution in [0, 0.1) is 5.92 Å². The van der Waals surface area contributed by atoms with Crippen LogP contribution < -0.4 is 10.6 Å². The van der Waals surface area contributed by atoms with Gasteiger partial charge in [-0.05, 0) is 50.6 Å². The van der Waals surface area contributed by atoms with Crippen LogP contribution in [0.25, 0.3) is 10.9 Å². The van der Waals surface area contributed by atoms with Gasteiger partial charge in [0.05, 0.1) is 23.9 Å². The molecule has 1 aliphatic carbocycles. The van der Waals surface area contributed by atoms with Gasteiger partial charge in [0.25, 0.3) is 11.8 Å². The Morgan fingerprint density at radius 1 is 1.12 bits per heavy atom. The number of fused-ring (bicyclic) bond motifs is 2. The third kappa shape index (κ3) is 5.47. The predicted molar refractivity (Wildman–Crippen MR) is 153 cm³/mol. The number of nitrogens with one attached hydrogen (secondary N) is 3. The number of halogens is 1. The predicted octanol–water partition coefficient (Wildman–Crippen LogP) is 2.82. The molecule has 2 aliphatic heterocycles. The maximum absolute atomic E-state index is 13.4. The molecule has 0 radical (unpaired) electrons. The van der Waals surface area contributed by atoms with Crippen LogP contribution in [0.5, 0.6) is 0 Å². The Hall–Kier alpha value is -2.99. The second-order valence-electron chi connectivity index (χ2n) is 11.1. The van der Waals surface area contributed by atoms with Crippen LogP contribution in [0.2, 0.25) is 5.02 Å². The molecule has 1 saturated heterocycles. The van der Waals surface area contributed by atoms with Crippen LogP contribution in [0.4, 0.5) is 0 Å². The van der Waals surface area contributed by atoms with Crippen molar-refractivity contribution in [3.63, 3.8) is 0 Å². The van der Waals surface area contributed by atoms with Gasteiger partial charge in [-0.3, -0.25) is 14.4 Å². The Labute approximate surface area is 241 Å². The van der Waals surface area contributed by atoms with Gasteiger partial charge in [-0.1, -0.05) is 11.6 Å². The van der Waals surface area contributed by atoms with Gasteiger partial charge in [0.15, 0.2) is 5.01 Å². The summed E-state index contributed by atoms with van der Waals surface area (Å²) < 4.78 is 5.35. The number of rotatable bonds is 6. The van der Waals surface area contributed by atoms with E-state index in [-0.39, 0.29) is 35.8 Å². The van der Waals surface area contributed by atoms with E-state index in [4.69, 9.17) is 16.3 Å². The van der Waals surface area contributed by atoms with Crippen molar-refractivity contribution >= 4 is 51.6 Å². The van der Waals surface area contributed by atoms with Crippen molar-refractivity contribution in [1.29, 1.82) is 0 Å². The minimum absolute atomic E-state index is 0.0618. The standard InChI is InChI=1S/C28H33ClN6O4S/c1-34-7-5-21-24(14-34)40-27(33-21)26(37)32-23-13-35(28(38)16-10-18(11-16)39-2)8-6-20(23)31-25(36)22-12-15-9-17(29)3-4-19(15)30-22/h3-4,9,12,16,18,20,23,30H,5-8,10-11,13-14H2,1-2H3,(H,31,36)(H,32,37)/t16?,18?,20-,23+/m0/s1. The largest absolute Gasteiger partial charge is 0.381 e. The van der Waals surface area contributed by atoms with Gasteiger partial charge in [0, 0.05) is 66.4 Å². The average Bonchev–Trinajstić information content (AvgIpc) is 3.52. The number of methoxy groups -OCH3 is 1. The second-order valence-corrected chi connectivity index (χ2v) is 12.6. The zero-order valence-corrected chi connectivity index (χ0v) is 24.1. The first-order valence-electron chi connectivity index (χ1n) is 13.7. The highest BCUT2D eigenvalue weighted by Gasteiger charge is 2.41. The van der Waals surface area contributed by atoms with Crippen molar-refractivity contribution in [2.24, 2.45) is 5.92 Å². The van der Waals surface area contributed by atoms with E-state index < -0.39 is 6.04 Å². The molecule has 0 spiro atoms. The fraction of sp³-hybridized carbons (Fsp3) is 0.500. The van der Waals surface area contributed by atoms with Crippen LogP contribution in [0.1, 0.15) is 50.1 Å². The van der Waals surface area contributed by atoms with Crippen molar-refractivity contribution < 1.29 is 19.1 Å². The number of likely N-dealkylation sites (N-methyl/N-ethyl adjacent to an activating group) is 1. The van der Waals surface area contributed by atoms with Gasteiger partial charge in [-0.25, -0.2) is 4.98 Å². The molecule has 4 heterocycles. The minimum atomic E-state index is -0.463. The number of H-pyrrole nitrogens is 1. The van der Waals surface area contributed by atoms with Crippen LogP contribution in [-0.2, 0) is 22.5 Å². The fourth-order valence-corrected chi connectivity index (χ4v) is 7.08. The van der Waals surface area contributed by atoms with E-state index in [1.54, 1.807) is 25.3 Å². The van der Waals surface area contributed by atoms with Gasteiger partial charge in [-0.15, -0.1) is 11.3 Å². The molecule has 12 heteroatoms. The monoisotopic (exact) mass is 584 g/mol. The molecule has 2 aromatic heterocycles. The SMILES string of the molecule is COC1CC(C(=O)N2CC[C@H](NC(=O)c3cc4cc(Cl)ccc4[nH]3)[C@H](NC(=O)c3nc4c(s3)CN(C)CC4)C2)C1. The lowest BCUT2D eigenvalue weighted by Gasteiger charge is -2.42. The van der Waals surface area contributed by atoms with Crippen molar-refractivity contribution in [2.45, 2.75) is 50.4 Å². The fourth-order valence-electron chi connectivity index (χ4n) is 5.81.